The van der Waals surface area contributed by atoms with Crippen LogP contribution in [0.4, 0.5) is 0 Å². The Hall–Kier alpha value is -1.74. The summed E-state index contributed by atoms with van der Waals surface area (Å²) in [6.45, 7) is 0.470. The van der Waals surface area contributed by atoms with Gasteiger partial charge in [-0.05, 0) is 23.8 Å². The first kappa shape index (κ1) is 11.7. The molecule has 0 bridgehead atoms. The summed E-state index contributed by atoms with van der Waals surface area (Å²) in [6, 6.07) is 11.2. The van der Waals surface area contributed by atoms with E-state index in [1.54, 1.807) is 25.4 Å². The zero-order valence-corrected chi connectivity index (χ0v) is 10.1. The molecule has 88 valence electrons. The molecule has 0 unspecified atom stereocenters. The van der Waals surface area contributed by atoms with Gasteiger partial charge in [0.2, 0.25) is 0 Å². The molecule has 1 aromatic carbocycles. The third-order valence-electron chi connectivity index (χ3n) is 2.24. The topological polar surface area (TPSA) is 31.4 Å². The maximum Gasteiger partial charge on any atom is 0.132 e. The summed E-state index contributed by atoms with van der Waals surface area (Å²) < 4.78 is 10.7. The average molecular weight is 250 g/mol. The summed E-state index contributed by atoms with van der Waals surface area (Å²) in [6.07, 6.45) is 1.61. The van der Waals surface area contributed by atoms with Gasteiger partial charge in [-0.3, -0.25) is 0 Å². The molecule has 17 heavy (non-hydrogen) atoms. The van der Waals surface area contributed by atoms with E-state index in [2.05, 4.69) is 4.98 Å². The second kappa shape index (κ2) is 5.55. The molecule has 0 amide bonds. The van der Waals surface area contributed by atoms with Crippen molar-refractivity contribution in [3.8, 4) is 11.5 Å². The van der Waals surface area contributed by atoms with Crippen LogP contribution in [0.3, 0.4) is 0 Å². The highest BCUT2D eigenvalue weighted by molar-refractivity contribution is 6.29. The van der Waals surface area contributed by atoms with E-state index >= 15 is 0 Å². The number of ether oxygens (including phenoxy) is 2. The number of halogens is 1. The Balaban J connectivity index is 2.02. The van der Waals surface area contributed by atoms with Crippen LogP contribution in [-0.2, 0) is 6.61 Å². The summed E-state index contributed by atoms with van der Waals surface area (Å²) in [5.41, 5.74) is 1.04. The second-order valence-electron chi connectivity index (χ2n) is 3.45. The van der Waals surface area contributed by atoms with Gasteiger partial charge in [0.1, 0.15) is 23.3 Å². The van der Waals surface area contributed by atoms with Crippen LogP contribution in [0.25, 0.3) is 0 Å². The van der Waals surface area contributed by atoms with Crippen molar-refractivity contribution >= 4 is 11.6 Å². The predicted molar refractivity (Wildman–Crippen MR) is 66.6 cm³/mol. The normalized spacial score (nSPS) is 10.0. The van der Waals surface area contributed by atoms with Crippen molar-refractivity contribution in [2.45, 2.75) is 6.61 Å². The van der Waals surface area contributed by atoms with Crippen molar-refractivity contribution in [2.24, 2.45) is 0 Å². The second-order valence-corrected chi connectivity index (χ2v) is 3.84. The molecule has 0 spiro atoms. The molecule has 0 N–H and O–H groups in total. The lowest BCUT2D eigenvalue weighted by atomic mass is 10.2. The molecule has 0 aliphatic heterocycles. The summed E-state index contributed by atoms with van der Waals surface area (Å²) in [5.74, 6) is 1.52. The van der Waals surface area contributed by atoms with Crippen molar-refractivity contribution in [1.29, 1.82) is 0 Å². The Kier molecular flexibility index (Phi) is 3.83. The third-order valence-corrected chi connectivity index (χ3v) is 2.44. The van der Waals surface area contributed by atoms with Gasteiger partial charge >= 0.3 is 0 Å². The fourth-order valence-corrected chi connectivity index (χ4v) is 1.57. The number of hydrogen-bond acceptors (Lipinski definition) is 3. The van der Waals surface area contributed by atoms with Crippen LogP contribution in [0.5, 0.6) is 11.5 Å². The first-order chi connectivity index (χ1) is 8.28. The van der Waals surface area contributed by atoms with Crippen LogP contribution in [0.15, 0.2) is 42.6 Å². The van der Waals surface area contributed by atoms with Gasteiger partial charge in [-0.1, -0.05) is 23.7 Å². The lowest BCUT2D eigenvalue weighted by Crippen LogP contribution is -1.96. The molecule has 0 fully saturated rings. The molecule has 0 saturated heterocycles. The van der Waals surface area contributed by atoms with Gasteiger partial charge in [-0.15, -0.1) is 0 Å². The zero-order valence-electron chi connectivity index (χ0n) is 9.39. The van der Waals surface area contributed by atoms with E-state index in [9.17, 15) is 0 Å². The van der Waals surface area contributed by atoms with Crippen molar-refractivity contribution in [3.63, 3.8) is 0 Å². The molecular weight excluding hydrogens is 238 g/mol. The van der Waals surface area contributed by atoms with E-state index in [0.717, 1.165) is 11.3 Å². The van der Waals surface area contributed by atoms with Crippen molar-refractivity contribution in [1.82, 2.24) is 4.98 Å². The standard InChI is InChI=1S/C13H12ClNO2/c1-16-11-4-2-3-10(7-11)9-17-12-5-6-15-13(14)8-12/h2-8H,9H2,1H3. The van der Waals surface area contributed by atoms with Crippen molar-refractivity contribution in [3.05, 3.63) is 53.3 Å². The minimum Gasteiger partial charge on any atom is -0.497 e. The van der Waals surface area contributed by atoms with Gasteiger partial charge in [-0.25, -0.2) is 4.98 Å². The molecule has 0 atom stereocenters. The predicted octanol–water partition coefficient (Wildman–Crippen LogP) is 3.32. The largest absolute Gasteiger partial charge is 0.497 e. The van der Waals surface area contributed by atoms with Gasteiger partial charge in [-0.2, -0.15) is 0 Å². The van der Waals surface area contributed by atoms with E-state index in [0.29, 0.717) is 17.5 Å². The summed E-state index contributed by atoms with van der Waals surface area (Å²) in [7, 11) is 1.64. The molecule has 2 aromatic rings. The number of rotatable bonds is 4. The Morgan fingerprint density at radius 1 is 1.18 bits per heavy atom. The van der Waals surface area contributed by atoms with Crippen LogP contribution in [0, 0.1) is 0 Å². The molecule has 2 rings (SSSR count). The van der Waals surface area contributed by atoms with Crippen molar-refractivity contribution < 1.29 is 9.47 Å². The molecule has 0 aliphatic rings. The number of pyridine rings is 1. The Morgan fingerprint density at radius 2 is 2.06 bits per heavy atom. The highest BCUT2D eigenvalue weighted by Gasteiger charge is 1.99. The van der Waals surface area contributed by atoms with Crippen LogP contribution in [0.1, 0.15) is 5.56 Å². The minimum atomic E-state index is 0.424. The van der Waals surface area contributed by atoms with Crippen molar-refractivity contribution in [2.75, 3.05) is 7.11 Å². The molecule has 3 nitrogen and oxygen atoms in total. The minimum absolute atomic E-state index is 0.424. The summed E-state index contributed by atoms with van der Waals surface area (Å²) >= 11 is 5.76. The maximum absolute atomic E-state index is 5.76. The number of methoxy groups -OCH3 is 1. The SMILES string of the molecule is COc1cccc(COc2ccnc(Cl)c2)c1. The van der Waals surface area contributed by atoms with Gasteiger partial charge in [0.05, 0.1) is 7.11 Å². The smallest absolute Gasteiger partial charge is 0.132 e. The molecule has 4 heteroatoms. The fraction of sp³-hybridized carbons (Fsp3) is 0.154. The Bertz CT molecular complexity index is 502. The van der Waals surface area contributed by atoms with E-state index in [1.165, 1.54) is 0 Å². The van der Waals surface area contributed by atoms with Crippen LogP contribution >= 0.6 is 11.6 Å². The molecule has 0 aliphatic carbocycles. The maximum atomic E-state index is 5.76. The van der Waals surface area contributed by atoms with E-state index in [1.807, 2.05) is 24.3 Å². The molecule has 0 saturated carbocycles. The third kappa shape index (κ3) is 3.36. The van der Waals surface area contributed by atoms with Crippen LogP contribution in [0.2, 0.25) is 5.15 Å². The number of nitrogens with zero attached hydrogens (tertiary/aromatic N) is 1. The monoisotopic (exact) mass is 249 g/mol. The van der Waals surface area contributed by atoms with Crippen LogP contribution < -0.4 is 9.47 Å². The molecule has 1 aromatic heterocycles. The number of benzene rings is 1. The van der Waals surface area contributed by atoms with Gasteiger partial charge in [0, 0.05) is 12.3 Å². The first-order valence-corrected chi connectivity index (χ1v) is 5.53. The summed E-state index contributed by atoms with van der Waals surface area (Å²) in [5, 5.41) is 0.424. The lowest BCUT2D eigenvalue weighted by Gasteiger charge is -2.07. The van der Waals surface area contributed by atoms with Crippen LogP contribution in [-0.4, -0.2) is 12.1 Å². The average Bonchev–Trinajstić information content (AvgIpc) is 2.37. The number of hydrogen-bond donors (Lipinski definition) is 0. The highest BCUT2D eigenvalue weighted by Crippen LogP contribution is 2.18. The van der Waals surface area contributed by atoms with E-state index < -0.39 is 0 Å². The first-order valence-electron chi connectivity index (χ1n) is 5.15. The Labute approximate surface area is 105 Å². The molecule has 0 radical (unpaired) electrons. The zero-order chi connectivity index (χ0) is 12.1. The van der Waals surface area contributed by atoms with Gasteiger partial charge < -0.3 is 9.47 Å². The Morgan fingerprint density at radius 3 is 2.82 bits per heavy atom. The van der Waals surface area contributed by atoms with E-state index in [-0.39, 0.29) is 0 Å². The molecular formula is C13H12ClNO2. The highest BCUT2D eigenvalue weighted by atomic mass is 35.5. The molecule has 1 heterocycles. The lowest BCUT2D eigenvalue weighted by molar-refractivity contribution is 0.305. The number of aromatic nitrogens is 1. The van der Waals surface area contributed by atoms with E-state index in [4.69, 9.17) is 21.1 Å². The summed E-state index contributed by atoms with van der Waals surface area (Å²) in [4.78, 5) is 3.89. The van der Waals surface area contributed by atoms with Gasteiger partial charge in [0.15, 0.2) is 0 Å². The van der Waals surface area contributed by atoms with Gasteiger partial charge in [0.25, 0.3) is 0 Å². The quantitative estimate of drug-likeness (QED) is 0.779. The fourth-order valence-electron chi connectivity index (χ4n) is 1.40.